The van der Waals surface area contributed by atoms with Crippen LogP contribution in [0.15, 0.2) is 53.4 Å². The Hall–Kier alpha value is -3.10. The van der Waals surface area contributed by atoms with E-state index < -0.39 is 17.1 Å². The zero-order valence-corrected chi connectivity index (χ0v) is 19.6. The van der Waals surface area contributed by atoms with Gasteiger partial charge in [0.1, 0.15) is 6.54 Å². The maximum Gasteiger partial charge on any atom is 0.294 e. The van der Waals surface area contributed by atoms with E-state index in [1.807, 2.05) is 48.5 Å². The van der Waals surface area contributed by atoms with Crippen molar-refractivity contribution in [1.82, 2.24) is 4.90 Å². The molecular formula is C25H27N3O4S. The number of morpholine rings is 1. The fraction of sp³-hybridized carbons (Fsp3) is 0.320. The molecule has 2 saturated heterocycles. The molecule has 1 N–H and O–H groups in total. The number of thioether (sulfide) groups is 1. The van der Waals surface area contributed by atoms with Crippen LogP contribution in [0.1, 0.15) is 30.9 Å². The first-order valence-electron chi connectivity index (χ1n) is 11.0. The molecule has 2 aromatic carbocycles. The third-order valence-electron chi connectivity index (χ3n) is 5.60. The van der Waals surface area contributed by atoms with E-state index in [-0.39, 0.29) is 6.54 Å². The summed E-state index contributed by atoms with van der Waals surface area (Å²) in [5, 5.41) is 2.31. The van der Waals surface area contributed by atoms with Crippen molar-refractivity contribution in [2.24, 2.45) is 0 Å². The summed E-state index contributed by atoms with van der Waals surface area (Å²) in [4.78, 5) is 41.1. The van der Waals surface area contributed by atoms with Crippen LogP contribution in [0, 0.1) is 0 Å². The minimum absolute atomic E-state index is 0.313. The number of nitrogens with zero attached hydrogens (tertiary/aromatic N) is 2. The van der Waals surface area contributed by atoms with Crippen LogP contribution >= 0.6 is 11.8 Å². The van der Waals surface area contributed by atoms with E-state index in [2.05, 4.69) is 24.1 Å². The number of hydrogen-bond donors (Lipinski definition) is 1. The van der Waals surface area contributed by atoms with Crippen molar-refractivity contribution in [1.29, 1.82) is 0 Å². The summed E-state index contributed by atoms with van der Waals surface area (Å²) in [5.41, 5.74) is 3.73. The van der Waals surface area contributed by atoms with Crippen molar-refractivity contribution in [3.63, 3.8) is 0 Å². The van der Waals surface area contributed by atoms with Crippen LogP contribution in [-0.2, 0) is 14.3 Å². The van der Waals surface area contributed by atoms with Crippen molar-refractivity contribution in [2.75, 3.05) is 43.1 Å². The molecule has 0 atom stereocenters. The van der Waals surface area contributed by atoms with Crippen LogP contribution in [-0.4, -0.2) is 54.8 Å². The largest absolute Gasteiger partial charge is 0.378 e. The molecule has 0 saturated carbocycles. The zero-order chi connectivity index (χ0) is 23.4. The van der Waals surface area contributed by atoms with Gasteiger partial charge in [0.15, 0.2) is 0 Å². The Kier molecular flexibility index (Phi) is 7.15. The molecule has 3 amide bonds. The predicted octanol–water partition coefficient (Wildman–Crippen LogP) is 4.32. The smallest absolute Gasteiger partial charge is 0.294 e. The summed E-state index contributed by atoms with van der Waals surface area (Å²) in [7, 11) is 0. The highest BCUT2D eigenvalue weighted by molar-refractivity contribution is 8.18. The molecule has 2 heterocycles. The Morgan fingerprint density at radius 2 is 1.73 bits per heavy atom. The standard InChI is InChI=1S/C25H27N3O4S/c1-17(2)19-5-7-20(8-6-19)26-23(29)16-28-24(30)22(33-25(28)31)15-18-3-9-21(10-4-18)27-11-13-32-14-12-27/h3-10,15,17H,11-14,16H2,1-2H3,(H,26,29)/b22-15+. The lowest BCUT2D eigenvalue weighted by Gasteiger charge is -2.28. The molecule has 4 rings (SSSR count). The molecule has 0 spiro atoms. The minimum atomic E-state index is -0.451. The van der Waals surface area contributed by atoms with E-state index in [9.17, 15) is 14.4 Å². The second-order valence-corrected chi connectivity index (χ2v) is 9.28. The molecule has 0 unspecified atom stereocenters. The number of ether oxygens (including phenoxy) is 1. The Morgan fingerprint density at radius 1 is 1.06 bits per heavy atom. The van der Waals surface area contributed by atoms with Gasteiger partial charge in [-0.3, -0.25) is 19.3 Å². The fourth-order valence-electron chi connectivity index (χ4n) is 3.69. The highest BCUT2D eigenvalue weighted by atomic mass is 32.2. The highest BCUT2D eigenvalue weighted by Gasteiger charge is 2.36. The molecule has 8 heteroatoms. The van der Waals surface area contributed by atoms with Gasteiger partial charge in [0.05, 0.1) is 18.1 Å². The molecule has 0 bridgehead atoms. The summed E-state index contributed by atoms with van der Waals surface area (Å²) >= 11 is 0.854. The lowest BCUT2D eigenvalue weighted by atomic mass is 10.0. The van der Waals surface area contributed by atoms with Gasteiger partial charge in [0.25, 0.3) is 11.1 Å². The Bertz CT molecular complexity index is 1060. The minimum Gasteiger partial charge on any atom is -0.378 e. The Labute approximate surface area is 197 Å². The maximum absolute atomic E-state index is 12.8. The monoisotopic (exact) mass is 465 g/mol. The summed E-state index contributed by atoms with van der Waals surface area (Å²) in [5.74, 6) is -0.467. The third kappa shape index (κ3) is 5.64. The van der Waals surface area contributed by atoms with Gasteiger partial charge < -0.3 is 15.0 Å². The summed E-state index contributed by atoms with van der Waals surface area (Å²) in [6, 6.07) is 15.4. The number of amides is 3. The molecule has 0 aliphatic carbocycles. The van der Waals surface area contributed by atoms with Crippen LogP contribution < -0.4 is 10.2 Å². The van der Waals surface area contributed by atoms with E-state index in [4.69, 9.17) is 4.74 Å². The van der Waals surface area contributed by atoms with Crippen molar-refractivity contribution in [3.8, 4) is 0 Å². The number of anilines is 2. The molecular weight excluding hydrogens is 438 g/mol. The zero-order valence-electron chi connectivity index (χ0n) is 18.7. The summed E-state index contributed by atoms with van der Waals surface area (Å²) in [6.07, 6.45) is 1.69. The molecule has 2 aliphatic rings. The lowest BCUT2D eigenvalue weighted by molar-refractivity contribution is -0.127. The van der Waals surface area contributed by atoms with E-state index in [0.717, 1.165) is 41.0 Å². The topological polar surface area (TPSA) is 79.0 Å². The van der Waals surface area contributed by atoms with Crippen LogP contribution in [0.3, 0.4) is 0 Å². The first-order valence-corrected chi connectivity index (χ1v) is 11.8. The molecule has 0 radical (unpaired) electrons. The normalized spacial score (nSPS) is 17.8. The molecule has 0 aromatic heterocycles. The number of hydrogen-bond acceptors (Lipinski definition) is 6. The number of benzene rings is 2. The van der Waals surface area contributed by atoms with Crippen molar-refractivity contribution in [2.45, 2.75) is 19.8 Å². The van der Waals surface area contributed by atoms with Crippen molar-refractivity contribution < 1.29 is 19.1 Å². The summed E-state index contributed by atoms with van der Waals surface area (Å²) < 4.78 is 5.38. The van der Waals surface area contributed by atoms with Gasteiger partial charge in [-0.15, -0.1) is 0 Å². The lowest BCUT2D eigenvalue weighted by Crippen LogP contribution is -2.36. The SMILES string of the molecule is CC(C)c1ccc(NC(=O)CN2C(=O)S/C(=C/c3ccc(N4CCOCC4)cc3)C2=O)cc1. The molecule has 2 fully saturated rings. The quantitative estimate of drug-likeness (QED) is 0.640. The third-order valence-corrected chi connectivity index (χ3v) is 6.51. The predicted molar refractivity (Wildman–Crippen MR) is 131 cm³/mol. The van der Waals surface area contributed by atoms with E-state index in [0.29, 0.717) is 29.7 Å². The number of imide groups is 1. The number of rotatable bonds is 6. The van der Waals surface area contributed by atoms with Gasteiger partial charge in [-0.05, 0) is 59.1 Å². The molecule has 33 heavy (non-hydrogen) atoms. The van der Waals surface area contributed by atoms with Crippen molar-refractivity contribution >= 4 is 46.3 Å². The molecule has 172 valence electrons. The van der Waals surface area contributed by atoms with Gasteiger partial charge in [-0.2, -0.15) is 0 Å². The van der Waals surface area contributed by atoms with Crippen LogP contribution in [0.5, 0.6) is 0 Å². The van der Waals surface area contributed by atoms with Gasteiger partial charge in [-0.1, -0.05) is 38.1 Å². The molecule has 7 nitrogen and oxygen atoms in total. The second kappa shape index (κ2) is 10.2. The maximum atomic E-state index is 12.8. The van der Waals surface area contributed by atoms with Gasteiger partial charge in [0.2, 0.25) is 5.91 Å². The average molecular weight is 466 g/mol. The van der Waals surface area contributed by atoms with Crippen LogP contribution in [0.4, 0.5) is 16.2 Å². The summed E-state index contributed by atoms with van der Waals surface area (Å²) in [6.45, 7) is 7.00. The molecule has 2 aromatic rings. The van der Waals surface area contributed by atoms with E-state index in [1.54, 1.807) is 6.08 Å². The van der Waals surface area contributed by atoms with Crippen LogP contribution in [0.25, 0.3) is 6.08 Å². The van der Waals surface area contributed by atoms with E-state index in [1.165, 1.54) is 5.56 Å². The fourth-order valence-corrected chi connectivity index (χ4v) is 4.52. The number of nitrogens with one attached hydrogen (secondary N) is 1. The second-order valence-electron chi connectivity index (χ2n) is 8.28. The Morgan fingerprint density at radius 3 is 2.36 bits per heavy atom. The first kappa shape index (κ1) is 23.1. The van der Waals surface area contributed by atoms with Gasteiger partial charge in [-0.25, -0.2) is 0 Å². The van der Waals surface area contributed by atoms with Gasteiger partial charge in [0, 0.05) is 24.5 Å². The highest BCUT2D eigenvalue weighted by Crippen LogP contribution is 2.32. The number of carbonyl (C=O) groups excluding carboxylic acids is 3. The first-order chi connectivity index (χ1) is 15.9. The van der Waals surface area contributed by atoms with E-state index >= 15 is 0 Å². The van der Waals surface area contributed by atoms with Crippen molar-refractivity contribution in [3.05, 3.63) is 64.6 Å². The van der Waals surface area contributed by atoms with Crippen LogP contribution in [0.2, 0.25) is 0 Å². The van der Waals surface area contributed by atoms with Gasteiger partial charge >= 0.3 is 0 Å². The Balaban J connectivity index is 1.37. The number of carbonyl (C=O) groups is 3. The molecule has 2 aliphatic heterocycles. The average Bonchev–Trinajstić information content (AvgIpc) is 3.07.